The molecule has 0 aromatic heterocycles. The van der Waals surface area contributed by atoms with Gasteiger partial charge >= 0.3 is 0 Å². The van der Waals surface area contributed by atoms with Crippen LogP contribution in [0, 0.1) is 0 Å². The van der Waals surface area contributed by atoms with Crippen LogP contribution in [-0.4, -0.2) is 8.42 Å². The Hall–Kier alpha value is -0.870. The van der Waals surface area contributed by atoms with Crippen molar-refractivity contribution in [1.82, 2.24) is 0 Å². The average molecular weight is 185 g/mol. The van der Waals surface area contributed by atoms with E-state index in [1.807, 2.05) is 6.07 Å². The van der Waals surface area contributed by atoms with Crippen LogP contribution in [0.5, 0.6) is 0 Å². The third kappa shape index (κ3) is 2.06. The largest absolute Gasteiger partial charge is 0.228 e. The molecule has 12 heavy (non-hydrogen) atoms. The van der Waals surface area contributed by atoms with Crippen LogP contribution < -0.4 is 5.14 Å². The van der Waals surface area contributed by atoms with Gasteiger partial charge in [-0.25, -0.2) is 13.6 Å². The highest BCUT2D eigenvalue weighted by molar-refractivity contribution is 7.89. The molecule has 2 N–H and O–H groups in total. The maximum atomic E-state index is 10.9. The molecular weight excluding hydrogens is 174 g/mol. The van der Waals surface area contributed by atoms with Crippen molar-refractivity contribution < 1.29 is 8.42 Å². The summed E-state index contributed by atoms with van der Waals surface area (Å²) in [5.41, 5.74) is 0.722. The molecule has 1 aromatic rings. The second-order valence-corrected chi connectivity index (χ2v) is 4.53. The zero-order valence-electron chi connectivity index (χ0n) is 6.77. The zero-order chi connectivity index (χ0) is 9.19. The number of primary sulfonamides is 1. The van der Waals surface area contributed by atoms with E-state index in [-0.39, 0.29) is 0 Å². The summed E-state index contributed by atoms with van der Waals surface area (Å²) in [5, 5.41) is 4.36. The minimum absolute atomic E-state index is 0.626. The lowest BCUT2D eigenvalue weighted by Gasteiger charge is -2.07. The van der Waals surface area contributed by atoms with E-state index in [1.165, 1.54) is 0 Å². The van der Waals surface area contributed by atoms with Gasteiger partial charge in [0, 0.05) is 0 Å². The van der Waals surface area contributed by atoms with Crippen LogP contribution in [0.1, 0.15) is 17.7 Å². The highest BCUT2D eigenvalue weighted by Gasteiger charge is 2.16. The summed E-state index contributed by atoms with van der Waals surface area (Å²) in [6.07, 6.45) is 0. The molecule has 0 amide bonds. The van der Waals surface area contributed by atoms with Gasteiger partial charge in [-0.05, 0) is 12.5 Å². The molecule has 3 nitrogen and oxygen atoms in total. The molecule has 0 aliphatic carbocycles. The van der Waals surface area contributed by atoms with Gasteiger partial charge in [0.25, 0.3) is 0 Å². The van der Waals surface area contributed by atoms with Crippen molar-refractivity contribution in [2.24, 2.45) is 5.14 Å². The van der Waals surface area contributed by atoms with Crippen molar-refractivity contribution >= 4 is 10.0 Å². The van der Waals surface area contributed by atoms with E-state index in [0.717, 1.165) is 5.56 Å². The van der Waals surface area contributed by atoms with E-state index >= 15 is 0 Å². The van der Waals surface area contributed by atoms with E-state index in [1.54, 1.807) is 31.2 Å². The fourth-order valence-corrected chi connectivity index (χ4v) is 1.45. The summed E-state index contributed by atoms with van der Waals surface area (Å²) in [7, 11) is -3.46. The van der Waals surface area contributed by atoms with Crippen molar-refractivity contribution in [2.45, 2.75) is 12.2 Å². The fraction of sp³-hybridized carbons (Fsp3) is 0.250. The molecule has 0 bridgehead atoms. The van der Waals surface area contributed by atoms with Crippen molar-refractivity contribution in [3.63, 3.8) is 0 Å². The molecule has 1 rings (SSSR count). The Morgan fingerprint density at radius 1 is 1.25 bits per heavy atom. The molecule has 1 atom stereocenters. The summed E-state index contributed by atoms with van der Waals surface area (Å²) in [4.78, 5) is 0. The Morgan fingerprint density at radius 3 is 2.17 bits per heavy atom. The van der Waals surface area contributed by atoms with Gasteiger partial charge in [0.15, 0.2) is 0 Å². The highest BCUT2D eigenvalue weighted by atomic mass is 32.2. The number of rotatable bonds is 2. The third-order valence-electron chi connectivity index (χ3n) is 1.76. The van der Waals surface area contributed by atoms with Gasteiger partial charge < -0.3 is 0 Å². The molecule has 0 radical (unpaired) electrons. The molecule has 0 saturated carbocycles. The van der Waals surface area contributed by atoms with E-state index in [9.17, 15) is 8.42 Å². The van der Waals surface area contributed by atoms with Crippen molar-refractivity contribution in [3.05, 3.63) is 35.9 Å². The van der Waals surface area contributed by atoms with Crippen LogP contribution in [0.2, 0.25) is 0 Å². The van der Waals surface area contributed by atoms with Crippen LogP contribution in [-0.2, 0) is 10.0 Å². The fourth-order valence-electron chi connectivity index (χ4n) is 0.914. The van der Waals surface area contributed by atoms with E-state index in [2.05, 4.69) is 0 Å². The first-order chi connectivity index (χ1) is 5.52. The molecular formula is C8H11NO2S. The number of nitrogens with two attached hydrogens (primary N) is 1. The highest BCUT2D eigenvalue weighted by Crippen LogP contribution is 2.17. The van der Waals surface area contributed by atoms with Gasteiger partial charge in [0.05, 0.1) is 5.25 Å². The predicted octanol–water partition coefficient (Wildman–Crippen LogP) is 1.04. The van der Waals surface area contributed by atoms with Crippen molar-refractivity contribution in [2.75, 3.05) is 0 Å². The molecule has 0 fully saturated rings. The quantitative estimate of drug-likeness (QED) is 0.748. The average Bonchev–Trinajstić information content (AvgIpc) is 2.03. The first kappa shape index (κ1) is 9.22. The van der Waals surface area contributed by atoms with Crippen molar-refractivity contribution in [1.29, 1.82) is 0 Å². The lowest BCUT2D eigenvalue weighted by molar-refractivity contribution is 0.588. The summed E-state index contributed by atoms with van der Waals surface area (Å²) >= 11 is 0. The van der Waals surface area contributed by atoms with Gasteiger partial charge in [-0.2, -0.15) is 0 Å². The van der Waals surface area contributed by atoms with Crippen LogP contribution in [0.15, 0.2) is 30.3 Å². The van der Waals surface area contributed by atoms with Gasteiger partial charge in [0.2, 0.25) is 10.0 Å². The zero-order valence-corrected chi connectivity index (χ0v) is 7.58. The van der Waals surface area contributed by atoms with Gasteiger partial charge in [-0.15, -0.1) is 0 Å². The van der Waals surface area contributed by atoms with Crippen LogP contribution >= 0.6 is 0 Å². The smallest absolute Gasteiger partial charge is 0.215 e. The Labute approximate surface area is 72.3 Å². The minimum Gasteiger partial charge on any atom is -0.228 e. The monoisotopic (exact) mass is 185 g/mol. The second-order valence-electron chi connectivity index (χ2n) is 2.64. The molecule has 0 spiro atoms. The first-order valence-corrected chi connectivity index (χ1v) is 5.19. The van der Waals surface area contributed by atoms with E-state index < -0.39 is 15.3 Å². The summed E-state index contributed by atoms with van der Waals surface area (Å²) in [6.45, 7) is 1.57. The minimum atomic E-state index is -3.46. The molecule has 0 unspecified atom stereocenters. The first-order valence-electron chi connectivity index (χ1n) is 3.58. The number of sulfonamides is 1. The standard InChI is InChI=1S/C8H11NO2S/c1-7(12(9,10)11)8-5-3-2-4-6-8/h2-7H,1H3,(H2,9,10,11)/t7-/m0/s1. The molecule has 1 aromatic carbocycles. The molecule has 0 aliphatic heterocycles. The number of hydrogen-bond donors (Lipinski definition) is 1. The Bertz CT molecular complexity index is 345. The lowest BCUT2D eigenvalue weighted by Crippen LogP contribution is -2.19. The topological polar surface area (TPSA) is 60.2 Å². The Balaban J connectivity index is 3.02. The number of hydrogen-bond acceptors (Lipinski definition) is 2. The van der Waals surface area contributed by atoms with Crippen LogP contribution in [0.3, 0.4) is 0 Å². The predicted molar refractivity (Wildman–Crippen MR) is 48.0 cm³/mol. The summed E-state index contributed by atoms with van der Waals surface area (Å²) < 4.78 is 21.8. The Morgan fingerprint density at radius 2 is 1.75 bits per heavy atom. The van der Waals surface area contributed by atoms with E-state index in [0.29, 0.717) is 0 Å². The van der Waals surface area contributed by atoms with Crippen LogP contribution in [0.4, 0.5) is 0 Å². The van der Waals surface area contributed by atoms with Crippen molar-refractivity contribution in [3.8, 4) is 0 Å². The number of benzene rings is 1. The SMILES string of the molecule is C[C@@H](c1ccccc1)S(N)(=O)=O. The van der Waals surface area contributed by atoms with Crippen LogP contribution in [0.25, 0.3) is 0 Å². The maximum absolute atomic E-state index is 10.9. The third-order valence-corrected chi connectivity index (χ3v) is 3.02. The lowest BCUT2D eigenvalue weighted by atomic mass is 10.2. The normalized spacial score (nSPS) is 14.2. The second kappa shape index (κ2) is 3.25. The molecule has 0 heterocycles. The molecule has 66 valence electrons. The van der Waals surface area contributed by atoms with Gasteiger partial charge in [-0.3, -0.25) is 0 Å². The van der Waals surface area contributed by atoms with Gasteiger partial charge in [0.1, 0.15) is 0 Å². The maximum Gasteiger partial charge on any atom is 0.215 e. The summed E-state index contributed by atoms with van der Waals surface area (Å²) in [5.74, 6) is 0. The molecule has 0 saturated heterocycles. The molecule has 0 aliphatic rings. The molecule has 4 heteroatoms. The van der Waals surface area contributed by atoms with Gasteiger partial charge in [-0.1, -0.05) is 30.3 Å². The van der Waals surface area contributed by atoms with E-state index in [4.69, 9.17) is 5.14 Å². The summed E-state index contributed by atoms with van der Waals surface area (Å²) in [6, 6.07) is 8.90. The Kier molecular flexibility index (Phi) is 2.49.